The van der Waals surface area contributed by atoms with Gasteiger partial charge in [0, 0.05) is 0 Å². The van der Waals surface area contributed by atoms with Gasteiger partial charge in [0.25, 0.3) is 0 Å². The van der Waals surface area contributed by atoms with E-state index in [4.69, 9.17) is 5.11 Å². The van der Waals surface area contributed by atoms with Gasteiger partial charge in [-0.2, -0.15) is 0 Å². The maximum atomic E-state index is 11.0. The minimum atomic E-state index is -0.722. The molecule has 0 bridgehead atoms. The fraction of sp³-hybridized carbons (Fsp3) is 0.769. The van der Waals surface area contributed by atoms with Crippen molar-refractivity contribution >= 4 is 5.97 Å². The zero-order chi connectivity index (χ0) is 12.0. The maximum Gasteiger partial charge on any atom is 0.320 e. The lowest BCUT2D eigenvalue weighted by Gasteiger charge is -2.22. The molecule has 0 heterocycles. The molecule has 0 aromatic rings. The summed E-state index contributed by atoms with van der Waals surface area (Å²) >= 11 is 0. The highest BCUT2D eigenvalue weighted by Crippen LogP contribution is 2.17. The second-order valence-electron chi connectivity index (χ2n) is 5.08. The van der Waals surface area contributed by atoms with Gasteiger partial charge in [0.1, 0.15) is 6.04 Å². The van der Waals surface area contributed by atoms with E-state index < -0.39 is 5.97 Å². The third-order valence-electron chi connectivity index (χ3n) is 3.04. The molecule has 2 unspecified atom stereocenters. The summed E-state index contributed by atoms with van der Waals surface area (Å²) in [5.74, 6) is 0.305. The van der Waals surface area contributed by atoms with Crippen LogP contribution in [-0.4, -0.2) is 23.7 Å². The number of carboxylic acid groups (broad SMARTS) is 1. The summed E-state index contributed by atoms with van der Waals surface area (Å²) in [5.41, 5.74) is 0. The molecule has 0 saturated heterocycles. The van der Waals surface area contributed by atoms with Gasteiger partial charge in [-0.3, -0.25) is 4.79 Å². The quantitative estimate of drug-likeness (QED) is 0.683. The second kappa shape index (κ2) is 6.69. The fourth-order valence-corrected chi connectivity index (χ4v) is 2.09. The van der Waals surface area contributed by atoms with Crippen molar-refractivity contribution in [2.75, 3.05) is 6.54 Å². The summed E-state index contributed by atoms with van der Waals surface area (Å²) in [6.45, 7) is 4.94. The number of hydrogen-bond donors (Lipinski definition) is 2. The summed E-state index contributed by atoms with van der Waals surface area (Å²) < 4.78 is 0. The third-order valence-corrected chi connectivity index (χ3v) is 3.04. The third kappa shape index (κ3) is 4.79. The van der Waals surface area contributed by atoms with Crippen LogP contribution in [0.25, 0.3) is 0 Å². The van der Waals surface area contributed by atoms with Gasteiger partial charge in [0.2, 0.25) is 0 Å². The van der Waals surface area contributed by atoms with Gasteiger partial charge in [-0.1, -0.05) is 26.0 Å². The Bertz CT molecular complexity index is 248. The number of carboxylic acids is 1. The highest BCUT2D eigenvalue weighted by atomic mass is 16.4. The summed E-state index contributed by atoms with van der Waals surface area (Å²) in [4.78, 5) is 11.0. The Balaban J connectivity index is 2.31. The Morgan fingerprint density at radius 3 is 2.75 bits per heavy atom. The van der Waals surface area contributed by atoms with Crippen LogP contribution < -0.4 is 5.32 Å². The molecule has 0 fully saturated rings. The normalized spacial score (nSPS) is 22.3. The minimum absolute atomic E-state index is 0.383. The van der Waals surface area contributed by atoms with E-state index >= 15 is 0 Å². The van der Waals surface area contributed by atoms with Gasteiger partial charge >= 0.3 is 5.97 Å². The standard InChI is InChI=1S/C13H23NO2/c1-10(2)8-12(13(15)16)14-9-11-6-4-3-5-7-11/h3-4,10-12,14H,5-9H2,1-2H3,(H,15,16). The molecule has 2 N–H and O–H groups in total. The van der Waals surface area contributed by atoms with Crippen LogP contribution in [0.1, 0.15) is 39.5 Å². The molecule has 1 aliphatic rings. The van der Waals surface area contributed by atoms with Crippen molar-refractivity contribution in [3.63, 3.8) is 0 Å². The molecule has 1 rings (SSSR count). The zero-order valence-electron chi connectivity index (χ0n) is 10.3. The van der Waals surface area contributed by atoms with Crippen molar-refractivity contribution in [1.82, 2.24) is 5.32 Å². The Labute approximate surface area is 97.9 Å². The van der Waals surface area contributed by atoms with Crippen LogP contribution in [-0.2, 0) is 4.79 Å². The van der Waals surface area contributed by atoms with Gasteiger partial charge in [0.05, 0.1) is 0 Å². The molecule has 0 saturated carbocycles. The number of aliphatic carboxylic acids is 1. The number of hydrogen-bond acceptors (Lipinski definition) is 2. The first-order valence-electron chi connectivity index (χ1n) is 6.20. The number of nitrogens with one attached hydrogen (secondary N) is 1. The van der Waals surface area contributed by atoms with Crippen LogP contribution in [0.15, 0.2) is 12.2 Å². The topological polar surface area (TPSA) is 49.3 Å². The predicted molar refractivity (Wildman–Crippen MR) is 65.4 cm³/mol. The number of rotatable bonds is 6. The lowest BCUT2D eigenvalue weighted by Crippen LogP contribution is -2.40. The summed E-state index contributed by atoms with van der Waals surface area (Å²) in [7, 11) is 0. The first-order chi connectivity index (χ1) is 7.59. The van der Waals surface area contributed by atoms with Gasteiger partial charge < -0.3 is 10.4 Å². The highest BCUT2D eigenvalue weighted by molar-refractivity contribution is 5.73. The largest absolute Gasteiger partial charge is 0.480 e. The average molecular weight is 225 g/mol. The first-order valence-corrected chi connectivity index (χ1v) is 6.20. The van der Waals surface area contributed by atoms with Crippen LogP contribution in [0.2, 0.25) is 0 Å². The van der Waals surface area contributed by atoms with Crippen molar-refractivity contribution in [2.45, 2.75) is 45.6 Å². The Morgan fingerprint density at radius 2 is 2.25 bits per heavy atom. The summed E-state index contributed by atoms with van der Waals surface area (Å²) in [6.07, 6.45) is 8.51. The lowest BCUT2D eigenvalue weighted by molar-refractivity contribution is -0.140. The first kappa shape index (κ1) is 13.2. The molecule has 0 spiro atoms. The summed E-state index contributed by atoms with van der Waals surface area (Å²) in [6, 6.07) is -0.383. The fourth-order valence-electron chi connectivity index (χ4n) is 2.09. The summed E-state index contributed by atoms with van der Waals surface area (Å²) in [5, 5.41) is 12.3. The van der Waals surface area contributed by atoms with Gasteiger partial charge in [-0.25, -0.2) is 0 Å². The van der Waals surface area contributed by atoms with Crippen LogP contribution in [0.3, 0.4) is 0 Å². The molecule has 3 nitrogen and oxygen atoms in total. The molecule has 2 atom stereocenters. The molecule has 92 valence electrons. The molecular weight excluding hydrogens is 202 g/mol. The molecule has 0 amide bonds. The minimum Gasteiger partial charge on any atom is -0.480 e. The van der Waals surface area contributed by atoms with Crippen LogP contribution in [0, 0.1) is 11.8 Å². The SMILES string of the molecule is CC(C)CC(NCC1CC=CCC1)C(=O)O. The Morgan fingerprint density at radius 1 is 1.50 bits per heavy atom. The van der Waals surface area contributed by atoms with Crippen LogP contribution in [0.4, 0.5) is 0 Å². The lowest BCUT2D eigenvalue weighted by atomic mass is 9.94. The Hall–Kier alpha value is -0.830. The van der Waals surface area contributed by atoms with E-state index in [1.165, 1.54) is 6.42 Å². The van der Waals surface area contributed by atoms with Crippen molar-refractivity contribution in [2.24, 2.45) is 11.8 Å². The maximum absolute atomic E-state index is 11.0. The van der Waals surface area contributed by atoms with Gasteiger partial charge in [0.15, 0.2) is 0 Å². The van der Waals surface area contributed by atoms with Crippen molar-refractivity contribution in [3.8, 4) is 0 Å². The van der Waals surface area contributed by atoms with E-state index in [1.54, 1.807) is 0 Å². The van der Waals surface area contributed by atoms with Gasteiger partial charge in [-0.15, -0.1) is 0 Å². The molecule has 0 aromatic heterocycles. The molecule has 0 aromatic carbocycles. The zero-order valence-corrected chi connectivity index (χ0v) is 10.3. The van der Waals surface area contributed by atoms with E-state index in [9.17, 15) is 4.79 Å². The molecule has 3 heteroatoms. The number of carbonyl (C=O) groups is 1. The number of allylic oxidation sites excluding steroid dienone is 2. The van der Waals surface area contributed by atoms with Crippen molar-refractivity contribution < 1.29 is 9.90 Å². The van der Waals surface area contributed by atoms with E-state index in [0.29, 0.717) is 18.3 Å². The second-order valence-corrected chi connectivity index (χ2v) is 5.08. The van der Waals surface area contributed by atoms with E-state index in [1.807, 2.05) is 0 Å². The van der Waals surface area contributed by atoms with E-state index in [2.05, 4.69) is 31.3 Å². The monoisotopic (exact) mass is 225 g/mol. The molecular formula is C13H23NO2. The smallest absolute Gasteiger partial charge is 0.320 e. The molecule has 1 aliphatic carbocycles. The highest BCUT2D eigenvalue weighted by Gasteiger charge is 2.19. The van der Waals surface area contributed by atoms with Crippen molar-refractivity contribution in [1.29, 1.82) is 0 Å². The van der Waals surface area contributed by atoms with Crippen LogP contribution in [0.5, 0.6) is 0 Å². The molecule has 0 radical (unpaired) electrons. The average Bonchev–Trinajstić information content (AvgIpc) is 2.25. The van der Waals surface area contributed by atoms with Gasteiger partial charge in [-0.05, 0) is 44.1 Å². The Kier molecular flexibility index (Phi) is 5.53. The van der Waals surface area contributed by atoms with Crippen molar-refractivity contribution in [3.05, 3.63) is 12.2 Å². The van der Waals surface area contributed by atoms with E-state index in [-0.39, 0.29) is 6.04 Å². The van der Waals surface area contributed by atoms with Crippen LogP contribution >= 0.6 is 0 Å². The predicted octanol–water partition coefficient (Wildman–Crippen LogP) is 2.43. The van der Waals surface area contributed by atoms with E-state index in [0.717, 1.165) is 19.4 Å². The molecule has 0 aliphatic heterocycles. The molecule has 16 heavy (non-hydrogen) atoms.